The number of rotatable bonds is 2. The molecule has 92 valence electrons. The van der Waals surface area contributed by atoms with Gasteiger partial charge in [-0.15, -0.1) is 0 Å². The van der Waals surface area contributed by atoms with E-state index in [0.29, 0.717) is 5.11 Å². The Morgan fingerprint density at radius 2 is 2.12 bits per heavy atom. The molecule has 1 amide bonds. The maximum absolute atomic E-state index is 11.4. The molecule has 1 aromatic carbocycles. The number of carbonyl (C=O) groups excluding carboxylic acids is 1. The van der Waals surface area contributed by atoms with E-state index < -0.39 is 0 Å². The smallest absolute Gasteiger partial charge is 0.228 e. The Balaban J connectivity index is 2.65. The number of halogens is 2. The van der Waals surface area contributed by atoms with Crippen molar-refractivity contribution >= 4 is 67.4 Å². The molecule has 0 bridgehead atoms. The van der Waals surface area contributed by atoms with Gasteiger partial charge in [0.05, 0.1) is 5.69 Å². The Labute approximate surface area is 128 Å². The van der Waals surface area contributed by atoms with Crippen LogP contribution in [0.25, 0.3) is 0 Å². The highest BCUT2D eigenvalue weighted by atomic mass is 127. The normalized spacial score (nSPS) is 10.2. The van der Waals surface area contributed by atoms with E-state index in [0.717, 1.165) is 13.7 Å². The van der Waals surface area contributed by atoms with Crippen LogP contribution in [-0.2, 0) is 4.79 Å². The summed E-state index contributed by atoms with van der Waals surface area (Å²) in [6.45, 7) is 3.64. The van der Waals surface area contributed by atoms with Crippen molar-refractivity contribution in [2.24, 2.45) is 5.92 Å². The van der Waals surface area contributed by atoms with Gasteiger partial charge in [0, 0.05) is 14.0 Å². The lowest BCUT2D eigenvalue weighted by Crippen LogP contribution is -2.36. The van der Waals surface area contributed by atoms with Gasteiger partial charge in [0.2, 0.25) is 5.91 Å². The molecule has 1 aromatic rings. The molecule has 6 heteroatoms. The summed E-state index contributed by atoms with van der Waals surface area (Å²) >= 11 is 10.7. The minimum atomic E-state index is -0.0883. The van der Waals surface area contributed by atoms with E-state index in [1.54, 1.807) is 0 Å². The number of hydrogen-bond acceptors (Lipinski definition) is 2. The van der Waals surface area contributed by atoms with Gasteiger partial charge in [-0.25, -0.2) is 0 Å². The van der Waals surface area contributed by atoms with E-state index in [9.17, 15) is 4.79 Å². The Kier molecular flexibility index (Phi) is 5.81. The number of carbonyl (C=O) groups is 1. The zero-order valence-corrected chi connectivity index (χ0v) is 13.9. The van der Waals surface area contributed by atoms with Gasteiger partial charge in [-0.3, -0.25) is 4.79 Å². The third-order valence-corrected chi connectivity index (χ3v) is 3.53. The van der Waals surface area contributed by atoms with Gasteiger partial charge in [-0.2, -0.15) is 0 Å². The molecule has 0 aliphatic heterocycles. The molecule has 0 radical (unpaired) electrons. The van der Waals surface area contributed by atoms with Crippen molar-refractivity contribution in [3.05, 3.63) is 26.2 Å². The molecule has 0 aliphatic rings. The van der Waals surface area contributed by atoms with Crippen molar-refractivity contribution in [2.75, 3.05) is 5.32 Å². The Morgan fingerprint density at radius 1 is 1.47 bits per heavy atom. The first-order chi connectivity index (χ1) is 7.90. The Morgan fingerprint density at radius 3 is 2.65 bits per heavy atom. The second kappa shape index (κ2) is 6.65. The highest BCUT2D eigenvalue weighted by molar-refractivity contribution is 14.1. The Hall–Kier alpha value is -0.210. The summed E-state index contributed by atoms with van der Waals surface area (Å²) < 4.78 is 2.03. The minimum absolute atomic E-state index is 0.0845. The van der Waals surface area contributed by atoms with Crippen LogP contribution in [-0.4, -0.2) is 11.0 Å². The van der Waals surface area contributed by atoms with Crippen LogP contribution in [0, 0.1) is 9.49 Å². The summed E-state index contributed by atoms with van der Waals surface area (Å²) in [5.41, 5.74) is 0.878. The van der Waals surface area contributed by atoms with Crippen LogP contribution in [0.2, 0.25) is 0 Å². The van der Waals surface area contributed by atoms with E-state index in [-0.39, 0.29) is 11.8 Å². The van der Waals surface area contributed by atoms with Gasteiger partial charge in [0.1, 0.15) is 0 Å². The summed E-state index contributed by atoms with van der Waals surface area (Å²) in [5.74, 6) is -0.173. The molecular formula is C11H12BrIN2OS. The second-order valence-electron chi connectivity index (χ2n) is 3.72. The molecule has 3 nitrogen and oxygen atoms in total. The fourth-order valence-corrected chi connectivity index (χ4v) is 2.65. The SMILES string of the molecule is CC(C)C(=O)NC(=S)Nc1ccc(Br)cc1I. The molecule has 0 spiro atoms. The number of anilines is 1. The van der Waals surface area contributed by atoms with Crippen LogP contribution in [0.1, 0.15) is 13.8 Å². The predicted octanol–water partition coefficient (Wildman–Crippen LogP) is 3.52. The number of amides is 1. The first-order valence-electron chi connectivity index (χ1n) is 4.97. The van der Waals surface area contributed by atoms with Gasteiger partial charge in [0.15, 0.2) is 5.11 Å². The van der Waals surface area contributed by atoms with Gasteiger partial charge in [0.25, 0.3) is 0 Å². The molecule has 0 fully saturated rings. The van der Waals surface area contributed by atoms with Crippen molar-refractivity contribution < 1.29 is 4.79 Å². The fourth-order valence-electron chi connectivity index (χ4n) is 1.00. The van der Waals surface area contributed by atoms with Gasteiger partial charge in [-0.1, -0.05) is 29.8 Å². The largest absolute Gasteiger partial charge is 0.332 e. The lowest BCUT2D eigenvalue weighted by Gasteiger charge is -2.12. The van der Waals surface area contributed by atoms with E-state index in [2.05, 4.69) is 49.2 Å². The summed E-state index contributed by atoms with van der Waals surface area (Å²) in [6, 6.07) is 5.78. The molecule has 0 aliphatic carbocycles. The number of benzene rings is 1. The maximum Gasteiger partial charge on any atom is 0.228 e. The standard InChI is InChI=1S/C11H12BrIN2OS/c1-6(2)10(16)15-11(17)14-9-4-3-7(12)5-8(9)13/h3-6H,1-2H3,(H2,14,15,16,17). The molecule has 2 N–H and O–H groups in total. The number of hydrogen-bond donors (Lipinski definition) is 2. The molecule has 0 aromatic heterocycles. The lowest BCUT2D eigenvalue weighted by atomic mass is 10.2. The van der Waals surface area contributed by atoms with Crippen LogP contribution >= 0.6 is 50.7 Å². The number of thiocarbonyl (C=S) groups is 1. The molecule has 0 heterocycles. The average molecular weight is 427 g/mol. The Bertz CT molecular complexity index is 451. The lowest BCUT2D eigenvalue weighted by molar-refractivity contribution is -0.122. The van der Waals surface area contributed by atoms with Crippen molar-refractivity contribution in [1.29, 1.82) is 0 Å². The van der Waals surface area contributed by atoms with Crippen molar-refractivity contribution in [2.45, 2.75) is 13.8 Å². The fraction of sp³-hybridized carbons (Fsp3) is 0.273. The molecule has 1 rings (SSSR count). The zero-order valence-electron chi connectivity index (χ0n) is 9.38. The molecule has 0 atom stereocenters. The summed E-state index contributed by atoms with van der Waals surface area (Å²) in [4.78, 5) is 11.4. The van der Waals surface area contributed by atoms with Crippen molar-refractivity contribution in [3.8, 4) is 0 Å². The van der Waals surface area contributed by atoms with E-state index in [4.69, 9.17) is 12.2 Å². The maximum atomic E-state index is 11.4. The molecule has 0 unspecified atom stereocenters. The summed E-state index contributed by atoms with van der Waals surface area (Å²) in [5, 5.41) is 5.95. The third-order valence-electron chi connectivity index (χ3n) is 1.94. The number of nitrogens with one attached hydrogen (secondary N) is 2. The van der Waals surface area contributed by atoms with Crippen LogP contribution in [0.3, 0.4) is 0 Å². The molecule has 0 saturated carbocycles. The minimum Gasteiger partial charge on any atom is -0.332 e. The molecular weight excluding hydrogens is 415 g/mol. The van der Waals surface area contributed by atoms with Crippen molar-refractivity contribution in [1.82, 2.24) is 5.32 Å². The topological polar surface area (TPSA) is 41.1 Å². The third kappa shape index (κ3) is 4.89. The van der Waals surface area contributed by atoms with Crippen LogP contribution in [0.4, 0.5) is 5.69 Å². The van der Waals surface area contributed by atoms with E-state index >= 15 is 0 Å². The zero-order chi connectivity index (χ0) is 13.0. The second-order valence-corrected chi connectivity index (χ2v) is 6.21. The van der Waals surface area contributed by atoms with Gasteiger partial charge >= 0.3 is 0 Å². The highest BCUT2D eigenvalue weighted by Crippen LogP contribution is 2.22. The highest BCUT2D eigenvalue weighted by Gasteiger charge is 2.09. The summed E-state index contributed by atoms with van der Waals surface area (Å²) in [6.07, 6.45) is 0. The van der Waals surface area contributed by atoms with Gasteiger partial charge < -0.3 is 10.6 Å². The van der Waals surface area contributed by atoms with Crippen molar-refractivity contribution in [3.63, 3.8) is 0 Å². The van der Waals surface area contributed by atoms with Crippen LogP contribution < -0.4 is 10.6 Å². The van der Waals surface area contributed by atoms with Crippen LogP contribution in [0.5, 0.6) is 0 Å². The first kappa shape index (κ1) is 14.8. The quantitative estimate of drug-likeness (QED) is 0.561. The average Bonchev–Trinajstić information content (AvgIpc) is 2.22. The first-order valence-corrected chi connectivity index (χ1v) is 7.25. The van der Waals surface area contributed by atoms with E-state index in [1.807, 2.05) is 32.0 Å². The predicted molar refractivity (Wildman–Crippen MR) is 86.1 cm³/mol. The monoisotopic (exact) mass is 426 g/mol. The molecule has 17 heavy (non-hydrogen) atoms. The van der Waals surface area contributed by atoms with Crippen LogP contribution in [0.15, 0.2) is 22.7 Å². The van der Waals surface area contributed by atoms with E-state index in [1.165, 1.54) is 0 Å². The summed E-state index contributed by atoms with van der Waals surface area (Å²) in [7, 11) is 0. The van der Waals surface area contributed by atoms with Gasteiger partial charge in [-0.05, 0) is 53.0 Å². The molecule has 0 saturated heterocycles.